The maximum Gasteiger partial charge on any atom is 0.325 e. The highest BCUT2D eigenvalue weighted by Gasteiger charge is 2.21. The minimum absolute atomic E-state index is 0.0660. The van der Waals surface area contributed by atoms with Gasteiger partial charge in [-0.25, -0.2) is 0 Å². The molecule has 2 amide bonds. The summed E-state index contributed by atoms with van der Waals surface area (Å²) in [5, 5.41) is 7.45. The van der Waals surface area contributed by atoms with Crippen molar-refractivity contribution in [3.05, 3.63) is 83.4 Å². The molecule has 31 heavy (non-hydrogen) atoms. The fraction of sp³-hybridized carbons (Fsp3) is 0.240. The lowest BCUT2D eigenvalue weighted by atomic mass is 9.88. The number of ether oxygens (including phenoxy) is 1. The van der Waals surface area contributed by atoms with Crippen LogP contribution in [0.1, 0.15) is 40.4 Å². The Hall–Kier alpha value is -3.67. The normalized spacial score (nSPS) is 15.0. The number of carbonyl (C=O) groups excluding carboxylic acids is 3. The van der Waals surface area contributed by atoms with Crippen LogP contribution in [0, 0.1) is 0 Å². The number of hydrogen-bond donors (Lipinski definition) is 2. The molecule has 0 heterocycles. The average Bonchev–Trinajstić information content (AvgIpc) is 2.81. The highest BCUT2D eigenvalue weighted by atomic mass is 16.5. The van der Waals surface area contributed by atoms with Gasteiger partial charge in [0.2, 0.25) is 0 Å². The monoisotopic (exact) mass is 416 g/mol. The van der Waals surface area contributed by atoms with Crippen molar-refractivity contribution in [2.45, 2.75) is 25.3 Å². The summed E-state index contributed by atoms with van der Waals surface area (Å²) in [7, 11) is 0. The highest BCUT2D eigenvalue weighted by Crippen LogP contribution is 2.29. The second-order valence-corrected chi connectivity index (χ2v) is 7.62. The average molecular weight is 416 g/mol. The third-order valence-electron chi connectivity index (χ3n) is 5.47. The second kappa shape index (κ2) is 9.43. The first-order valence-electron chi connectivity index (χ1n) is 10.4. The van der Waals surface area contributed by atoms with Gasteiger partial charge in [0.25, 0.3) is 11.8 Å². The predicted octanol–water partition coefficient (Wildman–Crippen LogP) is 3.31. The molecule has 158 valence electrons. The summed E-state index contributed by atoms with van der Waals surface area (Å²) in [4.78, 5) is 36.5. The van der Waals surface area contributed by atoms with Gasteiger partial charge < -0.3 is 15.4 Å². The molecular weight excluding hydrogens is 392 g/mol. The van der Waals surface area contributed by atoms with E-state index in [9.17, 15) is 14.4 Å². The zero-order valence-corrected chi connectivity index (χ0v) is 17.1. The first kappa shape index (κ1) is 20.6. The maximum atomic E-state index is 12.3. The quantitative estimate of drug-likeness (QED) is 0.604. The summed E-state index contributed by atoms with van der Waals surface area (Å²) in [5.41, 5.74) is 2.82. The van der Waals surface area contributed by atoms with E-state index in [4.69, 9.17) is 4.74 Å². The molecule has 0 fully saturated rings. The molecule has 6 nitrogen and oxygen atoms in total. The zero-order valence-electron chi connectivity index (χ0n) is 17.1. The summed E-state index contributed by atoms with van der Waals surface area (Å²) < 4.78 is 5.02. The molecule has 0 aromatic heterocycles. The van der Waals surface area contributed by atoms with Crippen LogP contribution in [0.25, 0.3) is 10.8 Å². The topological polar surface area (TPSA) is 84.5 Å². The van der Waals surface area contributed by atoms with Crippen LogP contribution in [-0.2, 0) is 20.7 Å². The molecule has 0 aliphatic heterocycles. The van der Waals surface area contributed by atoms with Crippen molar-refractivity contribution in [1.29, 1.82) is 0 Å². The van der Waals surface area contributed by atoms with E-state index in [1.54, 1.807) is 12.1 Å². The van der Waals surface area contributed by atoms with Gasteiger partial charge in [-0.15, -0.1) is 0 Å². The van der Waals surface area contributed by atoms with Gasteiger partial charge in [-0.3, -0.25) is 14.4 Å². The molecule has 3 aromatic carbocycles. The fourth-order valence-electron chi connectivity index (χ4n) is 3.92. The molecule has 0 saturated heterocycles. The van der Waals surface area contributed by atoms with Crippen LogP contribution in [0.2, 0.25) is 0 Å². The van der Waals surface area contributed by atoms with Gasteiger partial charge in [-0.1, -0.05) is 54.6 Å². The van der Waals surface area contributed by atoms with Crippen molar-refractivity contribution >= 4 is 28.6 Å². The van der Waals surface area contributed by atoms with Gasteiger partial charge in [0, 0.05) is 5.56 Å². The third-order valence-corrected chi connectivity index (χ3v) is 5.47. The number of hydrogen-bond acceptors (Lipinski definition) is 4. The van der Waals surface area contributed by atoms with Crippen molar-refractivity contribution in [3.8, 4) is 0 Å². The van der Waals surface area contributed by atoms with Gasteiger partial charge in [0.15, 0.2) is 6.61 Å². The lowest BCUT2D eigenvalue weighted by molar-refractivity contribution is -0.147. The Labute approximate surface area is 180 Å². The number of carbonyl (C=O) groups is 3. The summed E-state index contributed by atoms with van der Waals surface area (Å²) in [6, 6.07) is 21.0. The van der Waals surface area contributed by atoms with Gasteiger partial charge in [-0.2, -0.15) is 0 Å². The van der Waals surface area contributed by atoms with E-state index < -0.39 is 5.97 Å². The van der Waals surface area contributed by atoms with Crippen LogP contribution < -0.4 is 10.6 Å². The van der Waals surface area contributed by atoms with Gasteiger partial charge in [0.05, 0.1) is 6.04 Å². The molecule has 1 aliphatic carbocycles. The number of fused-ring (bicyclic) bond motifs is 2. The number of esters is 1. The first-order valence-corrected chi connectivity index (χ1v) is 10.4. The van der Waals surface area contributed by atoms with Crippen LogP contribution >= 0.6 is 0 Å². The number of nitrogens with one attached hydrogen (secondary N) is 2. The highest BCUT2D eigenvalue weighted by molar-refractivity contribution is 5.99. The van der Waals surface area contributed by atoms with Crippen molar-refractivity contribution in [2.75, 3.05) is 13.2 Å². The van der Waals surface area contributed by atoms with E-state index in [-0.39, 0.29) is 31.0 Å². The molecule has 1 aliphatic rings. The maximum absolute atomic E-state index is 12.3. The first-order chi connectivity index (χ1) is 15.1. The predicted molar refractivity (Wildman–Crippen MR) is 118 cm³/mol. The van der Waals surface area contributed by atoms with E-state index in [0.29, 0.717) is 5.56 Å². The molecule has 0 radical (unpaired) electrons. The molecule has 3 aromatic rings. The van der Waals surface area contributed by atoms with Crippen molar-refractivity contribution in [1.82, 2.24) is 10.6 Å². The van der Waals surface area contributed by atoms with Gasteiger partial charge >= 0.3 is 5.97 Å². The smallest absolute Gasteiger partial charge is 0.325 e. The molecular formula is C25H24N2O4. The van der Waals surface area contributed by atoms with Crippen molar-refractivity contribution in [3.63, 3.8) is 0 Å². The summed E-state index contributed by atoms with van der Waals surface area (Å²) in [5.74, 6) is -1.38. The van der Waals surface area contributed by atoms with Crippen molar-refractivity contribution < 1.29 is 19.1 Å². The van der Waals surface area contributed by atoms with Crippen LogP contribution in [0.15, 0.2) is 66.7 Å². The minimum atomic E-state index is -0.659. The number of benzene rings is 3. The second-order valence-electron chi connectivity index (χ2n) is 7.62. The molecule has 1 atom stereocenters. The molecule has 4 rings (SSSR count). The summed E-state index contributed by atoms with van der Waals surface area (Å²) in [6.07, 6.45) is 2.87. The van der Waals surface area contributed by atoms with E-state index in [2.05, 4.69) is 16.7 Å². The molecule has 0 spiro atoms. The Morgan fingerprint density at radius 1 is 0.935 bits per heavy atom. The summed E-state index contributed by atoms with van der Waals surface area (Å²) in [6.45, 7) is -0.672. The number of amides is 2. The van der Waals surface area contributed by atoms with Crippen LogP contribution in [0.4, 0.5) is 0 Å². The Balaban J connectivity index is 1.24. The largest absolute Gasteiger partial charge is 0.454 e. The molecule has 2 N–H and O–H groups in total. The molecule has 0 bridgehead atoms. The molecule has 0 saturated carbocycles. The minimum Gasteiger partial charge on any atom is -0.454 e. The third kappa shape index (κ3) is 5.09. The number of rotatable bonds is 6. The Morgan fingerprint density at radius 3 is 2.58 bits per heavy atom. The number of aryl methyl sites for hydroxylation is 1. The van der Waals surface area contributed by atoms with Gasteiger partial charge in [0.1, 0.15) is 6.54 Å². The van der Waals surface area contributed by atoms with Crippen LogP contribution in [0.3, 0.4) is 0 Å². The Bertz CT molecular complexity index is 1130. The van der Waals surface area contributed by atoms with E-state index in [0.717, 1.165) is 35.6 Å². The van der Waals surface area contributed by atoms with Gasteiger partial charge in [-0.05, 0) is 53.3 Å². The SMILES string of the molecule is O=C(COC(=O)CNC(=O)c1ccc2ccccc2c1)N[C@H]1CCCc2ccccc21. The lowest BCUT2D eigenvalue weighted by Crippen LogP contribution is -2.36. The Kier molecular flexibility index (Phi) is 6.26. The summed E-state index contributed by atoms with van der Waals surface area (Å²) >= 11 is 0. The zero-order chi connectivity index (χ0) is 21.6. The standard InChI is InChI=1S/C25H24N2O4/c28-23(27-22-11-5-9-18-7-3-4-10-21(18)22)16-31-24(29)15-26-25(30)20-13-12-17-6-1-2-8-19(17)14-20/h1-4,6-8,10,12-14,22H,5,9,11,15-16H2,(H,26,30)(H,27,28)/t22-/m0/s1. The fourth-order valence-corrected chi connectivity index (χ4v) is 3.92. The van der Waals surface area contributed by atoms with E-state index >= 15 is 0 Å². The lowest BCUT2D eigenvalue weighted by Gasteiger charge is -2.26. The van der Waals surface area contributed by atoms with Crippen LogP contribution in [-0.4, -0.2) is 30.9 Å². The van der Waals surface area contributed by atoms with Crippen molar-refractivity contribution in [2.24, 2.45) is 0 Å². The van der Waals surface area contributed by atoms with E-state index in [1.165, 1.54) is 5.56 Å². The van der Waals surface area contributed by atoms with E-state index in [1.807, 2.05) is 48.5 Å². The van der Waals surface area contributed by atoms with Crippen LogP contribution in [0.5, 0.6) is 0 Å². The molecule has 6 heteroatoms. The Morgan fingerprint density at radius 2 is 1.71 bits per heavy atom. The molecule has 0 unspecified atom stereocenters.